The Morgan fingerprint density at radius 1 is 1.20 bits per heavy atom. The van der Waals surface area contributed by atoms with Gasteiger partial charge in [0, 0.05) is 22.1 Å². The molecule has 2 rings (SSSR count). The van der Waals surface area contributed by atoms with Crippen molar-refractivity contribution in [2.24, 2.45) is 0 Å². The van der Waals surface area contributed by atoms with Crippen molar-refractivity contribution in [2.45, 2.75) is 6.54 Å². The standard InChI is InChI=1S/C16H13BrClNO/c17-14-6-3-4-12(10-14)8-9-16(20)19-11-13-5-1-2-7-15(13)18/h1-10H,11H2,(H,19,20)/b9-8+. The van der Waals surface area contributed by atoms with Crippen molar-refractivity contribution in [3.63, 3.8) is 0 Å². The molecule has 0 bridgehead atoms. The lowest BCUT2D eigenvalue weighted by Crippen LogP contribution is -2.20. The first kappa shape index (κ1) is 14.8. The molecule has 4 heteroatoms. The van der Waals surface area contributed by atoms with Gasteiger partial charge in [0.2, 0.25) is 5.91 Å². The van der Waals surface area contributed by atoms with Crippen LogP contribution in [0.1, 0.15) is 11.1 Å². The van der Waals surface area contributed by atoms with Gasteiger partial charge in [-0.2, -0.15) is 0 Å². The molecule has 0 unspecified atom stereocenters. The number of nitrogens with one attached hydrogen (secondary N) is 1. The second-order valence-corrected chi connectivity index (χ2v) is 5.52. The van der Waals surface area contributed by atoms with Crippen LogP contribution in [-0.2, 0) is 11.3 Å². The average Bonchev–Trinajstić information content (AvgIpc) is 2.44. The van der Waals surface area contributed by atoms with Crippen LogP contribution in [0.4, 0.5) is 0 Å². The van der Waals surface area contributed by atoms with Crippen LogP contribution in [0.3, 0.4) is 0 Å². The molecule has 2 aromatic carbocycles. The van der Waals surface area contributed by atoms with Gasteiger partial charge in [0.1, 0.15) is 0 Å². The summed E-state index contributed by atoms with van der Waals surface area (Å²) in [6.45, 7) is 0.418. The summed E-state index contributed by atoms with van der Waals surface area (Å²) in [5.41, 5.74) is 1.87. The number of amides is 1. The maximum Gasteiger partial charge on any atom is 0.244 e. The molecule has 0 aromatic heterocycles. The number of rotatable bonds is 4. The molecule has 0 spiro atoms. The van der Waals surface area contributed by atoms with Crippen molar-refractivity contribution >= 4 is 39.5 Å². The number of carbonyl (C=O) groups excluding carboxylic acids is 1. The molecular weight excluding hydrogens is 338 g/mol. The molecular formula is C16H13BrClNO. The lowest BCUT2D eigenvalue weighted by molar-refractivity contribution is -0.116. The Balaban J connectivity index is 1.91. The summed E-state index contributed by atoms with van der Waals surface area (Å²) in [5, 5.41) is 3.46. The fourth-order valence-corrected chi connectivity index (χ4v) is 2.28. The second-order valence-electron chi connectivity index (χ2n) is 4.20. The van der Waals surface area contributed by atoms with Gasteiger partial charge in [-0.05, 0) is 35.4 Å². The van der Waals surface area contributed by atoms with Gasteiger partial charge in [0.25, 0.3) is 0 Å². The highest BCUT2D eigenvalue weighted by atomic mass is 79.9. The van der Waals surface area contributed by atoms with Crippen LogP contribution in [0.25, 0.3) is 6.08 Å². The van der Waals surface area contributed by atoms with Gasteiger partial charge < -0.3 is 5.32 Å². The zero-order valence-corrected chi connectivity index (χ0v) is 13.0. The number of carbonyl (C=O) groups is 1. The summed E-state index contributed by atoms with van der Waals surface area (Å²) >= 11 is 9.41. The van der Waals surface area contributed by atoms with E-state index in [9.17, 15) is 4.79 Å². The normalized spacial score (nSPS) is 10.7. The molecule has 0 fully saturated rings. The lowest BCUT2D eigenvalue weighted by Gasteiger charge is -2.04. The van der Waals surface area contributed by atoms with Crippen molar-refractivity contribution in [3.8, 4) is 0 Å². The van der Waals surface area contributed by atoms with Crippen molar-refractivity contribution in [3.05, 3.63) is 75.2 Å². The van der Waals surface area contributed by atoms with Gasteiger partial charge in [0.05, 0.1) is 0 Å². The molecule has 0 aliphatic rings. The molecule has 1 amide bonds. The Labute approximate surface area is 131 Å². The third-order valence-corrected chi connectivity index (χ3v) is 3.55. The molecule has 0 heterocycles. The summed E-state index contributed by atoms with van der Waals surface area (Å²) in [4.78, 5) is 11.7. The summed E-state index contributed by atoms with van der Waals surface area (Å²) in [7, 11) is 0. The fourth-order valence-electron chi connectivity index (χ4n) is 1.67. The minimum Gasteiger partial charge on any atom is -0.348 e. The van der Waals surface area contributed by atoms with E-state index in [1.165, 1.54) is 6.08 Å². The molecule has 0 radical (unpaired) electrons. The molecule has 0 aliphatic heterocycles. The topological polar surface area (TPSA) is 29.1 Å². The smallest absolute Gasteiger partial charge is 0.244 e. The van der Waals surface area contributed by atoms with E-state index in [2.05, 4.69) is 21.2 Å². The molecule has 0 saturated heterocycles. The molecule has 0 aliphatic carbocycles. The van der Waals surface area contributed by atoms with Gasteiger partial charge in [-0.1, -0.05) is 57.9 Å². The van der Waals surface area contributed by atoms with Crippen molar-refractivity contribution in [2.75, 3.05) is 0 Å². The molecule has 102 valence electrons. The van der Waals surface area contributed by atoms with Crippen LogP contribution in [0.5, 0.6) is 0 Å². The first-order valence-corrected chi connectivity index (χ1v) is 7.27. The van der Waals surface area contributed by atoms with Crippen LogP contribution in [0.15, 0.2) is 59.1 Å². The minimum atomic E-state index is -0.148. The van der Waals surface area contributed by atoms with E-state index in [0.717, 1.165) is 15.6 Å². The average molecular weight is 351 g/mol. The van der Waals surface area contributed by atoms with E-state index in [4.69, 9.17) is 11.6 Å². The van der Waals surface area contributed by atoms with E-state index in [1.54, 1.807) is 12.1 Å². The SMILES string of the molecule is O=C(/C=C/c1cccc(Br)c1)NCc1ccccc1Cl. The molecule has 20 heavy (non-hydrogen) atoms. The monoisotopic (exact) mass is 349 g/mol. The zero-order chi connectivity index (χ0) is 14.4. The Hall–Kier alpha value is -1.58. The summed E-state index contributed by atoms with van der Waals surface area (Å²) in [6.07, 6.45) is 3.28. The quantitative estimate of drug-likeness (QED) is 0.812. The molecule has 2 nitrogen and oxygen atoms in total. The third-order valence-electron chi connectivity index (χ3n) is 2.69. The predicted molar refractivity (Wildman–Crippen MR) is 86.5 cm³/mol. The van der Waals surface area contributed by atoms with E-state index in [1.807, 2.05) is 42.5 Å². The van der Waals surface area contributed by atoms with Gasteiger partial charge >= 0.3 is 0 Å². The van der Waals surface area contributed by atoms with Crippen molar-refractivity contribution in [1.82, 2.24) is 5.32 Å². The Kier molecular flexibility index (Phi) is 5.39. The Morgan fingerprint density at radius 3 is 2.75 bits per heavy atom. The lowest BCUT2D eigenvalue weighted by atomic mass is 10.2. The third kappa shape index (κ3) is 4.51. The molecule has 1 N–H and O–H groups in total. The second kappa shape index (κ2) is 7.27. The summed E-state index contributed by atoms with van der Waals surface area (Å²) in [6, 6.07) is 15.2. The molecule has 0 saturated carbocycles. The predicted octanol–water partition coefficient (Wildman–Crippen LogP) is 4.43. The van der Waals surface area contributed by atoms with E-state index >= 15 is 0 Å². The molecule has 0 atom stereocenters. The highest BCUT2D eigenvalue weighted by Crippen LogP contribution is 2.14. The first-order chi connectivity index (χ1) is 9.65. The Morgan fingerprint density at radius 2 is 2.00 bits per heavy atom. The van der Waals surface area contributed by atoms with Crippen molar-refractivity contribution < 1.29 is 4.79 Å². The fraction of sp³-hybridized carbons (Fsp3) is 0.0625. The highest BCUT2D eigenvalue weighted by molar-refractivity contribution is 9.10. The van der Waals surface area contributed by atoms with Gasteiger partial charge in [-0.25, -0.2) is 0 Å². The van der Waals surface area contributed by atoms with Crippen LogP contribution in [0.2, 0.25) is 5.02 Å². The molecule has 2 aromatic rings. The maximum atomic E-state index is 11.7. The van der Waals surface area contributed by atoms with Gasteiger partial charge in [-0.15, -0.1) is 0 Å². The van der Waals surface area contributed by atoms with E-state index in [0.29, 0.717) is 11.6 Å². The number of hydrogen-bond acceptors (Lipinski definition) is 1. The van der Waals surface area contributed by atoms with Crippen LogP contribution in [-0.4, -0.2) is 5.91 Å². The van der Waals surface area contributed by atoms with Crippen LogP contribution >= 0.6 is 27.5 Å². The number of halogens is 2. The highest BCUT2D eigenvalue weighted by Gasteiger charge is 2.00. The first-order valence-electron chi connectivity index (χ1n) is 6.10. The summed E-state index contributed by atoms with van der Waals surface area (Å²) in [5.74, 6) is -0.148. The zero-order valence-electron chi connectivity index (χ0n) is 10.6. The Bertz CT molecular complexity index is 640. The summed E-state index contributed by atoms with van der Waals surface area (Å²) < 4.78 is 0.983. The van der Waals surface area contributed by atoms with Gasteiger partial charge in [-0.3, -0.25) is 4.79 Å². The van der Waals surface area contributed by atoms with Crippen LogP contribution in [0, 0.1) is 0 Å². The van der Waals surface area contributed by atoms with E-state index in [-0.39, 0.29) is 5.91 Å². The van der Waals surface area contributed by atoms with Crippen molar-refractivity contribution in [1.29, 1.82) is 0 Å². The largest absolute Gasteiger partial charge is 0.348 e. The maximum absolute atomic E-state index is 11.7. The minimum absolute atomic E-state index is 0.148. The van der Waals surface area contributed by atoms with E-state index < -0.39 is 0 Å². The number of hydrogen-bond donors (Lipinski definition) is 1. The van der Waals surface area contributed by atoms with Gasteiger partial charge in [0.15, 0.2) is 0 Å². The van der Waals surface area contributed by atoms with Crippen LogP contribution < -0.4 is 5.32 Å². The number of benzene rings is 2.